The minimum atomic E-state index is -2.57. The van der Waals surface area contributed by atoms with E-state index in [1.165, 1.54) is 31.3 Å². The third-order valence-electron chi connectivity index (χ3n) is 8.99. The van der Waals surface area contributed by atoms with Crippen molar-refractivity contribution in [2.24, 2.45) is 0 Å². The molecule has 1 amide bonds. The molecule has 4 aromatic rings. The minimum absolute atomic E-state index is 0.0785. The van der Waals surface area contributed by atoms with Gasteiger partial charge in [0, 0.05) is 42.7 Å². The van der Waals surface area contributed by atoms with Gasteiger partial charge in [-0.05, 0) is 90.5 Å². The molecule has 1 aliphatic rings. The second kappa shape index (κ2) is 12.9. The Kier molecular flexibility index (Phi) is 9.48. The van der Waals surface area contributed by atoms with Gasteiger partial charge in [0.2, 0.25) is 11.3 Å². The van der Waals surface area contributed by atoms with Crippen LogP contribution in [0.25, 0.3) is 22.3 Å². The highest BCUT2D eigenvalue weighted by Crippen LogP contribution is 2.45. The number of rotatable bonds is 11. The van der Waals surface area contributed by atoms with Crippen LogP contribution in [-0.4, -0.2) is 45.4 Å². The number of aromatic carboxylic acids is 1. The van der Waals surface area contributed by atoms with E-state index in [4.69, 9.17) is 8.84 Å². The van der Waals surface area contributed by atoms with E-state index < -0.39 is 37.2 Å². The molecule has 3 aromatic carbocycles. The largest absolute Gasteiger partial charge is 0.543 e. The topological polar surface area (TPSA) is 129 Å². The van der Waals surface area contributed by atoms with Crippen molar-refractivity contribution >= 4 is 42.4 Å². The molecule has 1 aliphatic carbocycles. The van der Waals surface area contributed by atoms with Crippen molar-refractivity contribution < 1.29 is 41.1 Å². The summed E-state index contributed by atoms with van der Waals surface area (Å²) in [7, 11) is -1.01. The number of hydrogen-bond acceptors (Lipinski definition) is 5. The lowest BCUT2D eigenvalue weighted by molar-refractivity contribution is 0.0694. The fraction of sp³-hybridized carbons (Fsp3) is 0.353. The molecule has 1 heterocycles. The van der Waals surface area contributed by atoms with Crippen molar-refractivity contribution in [3.63, 3.8) is 0 Å². The molecule has 9 nitrogen and oxygen atoms in total. The van der Waals surface area contributed by atoms with Gasteiger partial charge in [0.05, 0.1) is 5.56 Å². The van der Waals surface area contributed by atoms with Crippen LogP contribution in [0.2, 0.25) is 18.1 Å². The standard InChI is InChI=1S/C34H38F2N2O7SSi/c1-34(2,3)47(5,6)45-29-16-27(36)22(13-26(29)33(40)41)18-38(46(42)43)17-21-14-28-25(15-24(21)19-7-8-19)30(32(39)37-4)31(44-28)20-9-11-23(35)12-10-20/h9-16,19H,7-8,17-18H2,1-6H3,(H,37,39)(H,40,41)(H,42,43). The van der Waals surface area contributed by atoms with Crippen molar-refractivity contribution in [1.29, 1.82) is 0 Å². The van der Waals surface area contributed by atoms with Crippen LogP contribution in [0.15, 0.2) is 52.9 Å². The summed E-state index contributed by atoms with van der Waals surface area (Å²) in [6.07, 6.45) is 1.76. The molecular formula is C34H38F2N2O7SSi. The Labute approximate surface area is 275 Å². The van der Waals surface area contributed by atoms with Crippen molar-refractivity contribution in [2.45, 2.75) is 70.8 Å². The van der Waals surface area contributed by atoms with Gasteiger partial charge in [-0.2, -0.15) is 4.31 Å². The molecule has 3 N–H and O–H groups in total. The summed E-state index contributed by atoms with van der Waals surface area (Å²) < 4.78 is 65.6. The molecular weight excluding hydrogens is 647 g/mol. The predicted molar refractivity (Wildman–Crippen MR) is 178 cm³/mol. The lowest BCUT2D eigenvalue weighted by Gasteiger charge is -2.36. The van der Waals surface area contributed by atoms with Crippen molar-refractivity contribution in [2.75, 3.05) is 7.05 Å². The maximum Gasteiger partial charge on any atom is 0.339 e. The highest BCUT2D eigenvalue weighted by atomic mass is 32.2. The van der Waals surface area contributed by atoms with Gasteiger partial charge in [0.15, 0.2) is 0 Å². The molecule has 0 spiro atoms. The highest BCUT2D eigenvalue weighted by Gasteiger charge is 2.40. The molecule has 0 saturated heterocycles. The van der Waals surface area contributed by atoms with E-state index in [-0.39, 0.29) is 58.2 Å². The van der Waals surface area contributed by atoms with E-state index in [0.717, 1.165) is 34.8 Å². The van der Waals surface area contributed by atoms with Crippen LogP contribution in [0.5, 0.6) is 5.75 Å². The fourth-order valence-corrected chi connectivity index (χ4v) is 6.74. The molecule has 13 heteroatoms. The minimum Gasteiger partial charge on any atom is -0.543 e. The zero-order valence-electron chi connectivity index (χ0n) is 27.1. The fourth-order valence-electron chi connectivity index (χ4n) is 5.21. The average molecular weight is 685 g/mol. The normalized spacial score (nSPS) is 14.4. The molecule has 1 aromatic heterocycles. The van der Waals surface area contributed by atoms with Crippen LogP contribution in [0.3, 0.4) is 0 Å². The SMILES string of the molecule is CNC(=O)c1c(-c2ccc(F)cc2)oc2cc(CN(Cc3cc(C(=O)O)c(O[Si](C)(C)C(C)(C)C)cc3F)S(=O)O)c(C3CC3)cc12. The lowest BCUT2D eigenvalue weighted by Crippen LogP contribution is -2.44. The van der Waals surface area contributed by atoms with Gasteiger partial charge in [-0.1, -0.05) is 20.8 Å². The Hall–Kier alpha value is -3.91. The zero-order chi connectivity index (χ0) is 34.4. The van der Waals surface area contributed by atoms with Crippen molar-refractivity contribution in [1.82, 2.24) is 9.62 Å². The molecule has 47 heavy (non-hydrogen) atoms. The van der Waals surface area contributed by atoms with Gasteiger partial charge in [0.25, 0.3) is 14.2 Å². The number of amides is 1. The van der Waals surface area contributed by atoms with E-state index >= 15 is 4.39 Å². The van der Waals surface area contributed by atoms with Crippen molar-refractivity contribution in [3.05, 3.63) is 88.0 Å². The third kappa shape index (κ3) is 7.18. The van der Waals surface area contributed by atoms with Gasteiger partial charge in [0.1, 0.15) is 34.3 Å². The molecule has 5 rings (SSSR count). The van der Waals surface area contributed by atoms with Crippen LogP contribution in [-0.2, 0) is 24.4 Å². The molecule has 0 bridgehead atoms. The molecule has 0 aliphatic heterocycles. The summed E-state index contributed by atoms with van der Waals surface area (Å²) in [5, 5.41) is 12.9. The van der Waals surface area contributed by atoms with Crippen LogP contribution in [0.4, 0.5) is 8.78 Å². The number of carbonyl (C=O) groups is 2. The Morgan fingerprint density at radius 2 is 1.70 bits per heavy atom. The Balaban J connectivity index is 1.54. The quantitative estimate of drug-likeness (QED) is 0.108. The molecule has 1 unspecified atom stereocenters. The Bertz CT molecular complexity index is 1880. The number of nitrogens with one attached hydrogen (secondary N) is 1. The molecule has 0 radical (unpaired) electrons. The molecule has 1 saturated carbocycles. The van der Waals surface area contributed by atoms with Gasteiger partial charge >= 0.3 is 5.97 Å². The second-order valence-corrected chi connectivity index (χ2v) is 19.1. The Morgan fingerprint density at radius 3 is 2.26 bits per heavy atom. The van der Waals surface area contributed by atoms with Gasteiger partial charge < -0.3 is 19.3 Å². The summed E-state index contributed by atoms with van der Waals surface area (Å²) in [6, 6.07) is 11.3. The number of carboxylic acid groups (broad SMARTS) is 1. The van der Waals surface area contributed by atoms with Crippen LogP contribution >= 0.6 is 0 Å². The van der Waals surface area contributed by atoms with Crippen molar-refractivity contribution in [3.8, 4) is 17.1 Å². The number of furan rings is 1. The first-order valence-corrected chi connectivity index (χ1v) is 19.2. The highest BCUT2D eigenvalue weighted by molar-refractivity contribution is 7.76. The van der Waals surface area contributed by atoms with E-state index in [1.807, 2.05) is 39.9 Å². The number of halogens is 2. The molecule has 1 atom stereocenters. The summed E-state index contributed by atoms with van der Waals surface area (Å²) >= 11 is -2.57. The van der Waals surface area contributed by atoms with E-state index in [0.29, 0.717) is 22.1 Å². The summed E-state index contributed by atoms with van der Waals surface area (Å²) in [6.45, 7) is 9.33. The zero-order valence-corrected chi connectivity index (χ0v) is 28.9. The van der Waals surface area contributed by atoms with E-state index in [2.05, 4.69) is 5.32 Å². The number of fused-ring (bicyclic) bond motifs is 1. The van der Waals surface area contributed by atoms with E-state index in [9.17, 15) is 27.8 Å². The lowest BCUT2D eigenvalue weighted by atomic mass is 9.97. The maximum atomic E-state index is 15.6. The first-order valence-electron chi connectivity index (χ1n) is 15.2. The smallest absolute Gasteiger partial charge is 0.339 e. The number of carbonyl (C=O) groups excluding carboxylic acids is 1. The van der Waals surface area contributed by atoms with Gasteiger partial charge in [-0.25, -0.2) is 17.8 Å². The third-order valence-corrected chi connectivity index (χ3v) is 14.0. The number of carboxylic acids is 1. The van der Waals surface area contributed by atoms with Crippen LogP contribution in [0.1, 0.15) is 76.9 Å². The first-order chi connectivity index (χ1) is 22.0. The number of hydrogen-bond donors (Lipinski definition) is 3. The predicted octanol–water partition coefficient (Wildman–Crippen LogP) is 7.84. The summed E-state index contributed by atoms with van der Waals surface area (Å²) in [5.41, 5.74) is 2.31. The summed E-state index contributed by atoms with van der Waals surface area (Å²) in [4.78, 5) is 25.3. The molecule has 1 fully saturated rings. The maximum absolute atomic E-state index is 15.6. The van der Waals surface area contributed by atoms with Gasteiger partial charge in [-0.15, -0.1) is 0 Å². The molecule has 250 valence electrons. The number of benzene rings is 3. The van der Waals surface area contributed by atoms with Crippen LogP contribution < -0.4 is 9.74 Å². The van der Waals surface area contributed by atoms with Gasteiger partial charge in [-0.3, -0.25) is 9.35 Å². The number of nitrogens with zero attached hydrogens (tertiary/aromatic N) is 1. The monoisotopic (exact) mass is 684 g/mol. The van der Waals surface area contributed by atoms with Crippen LogP contribution in [0, 0.1) is 11.6 Å². The Morgan fingerprint density at radius 1 is 1.06 bits per heavy atom. The second-order valence-electron chi connectivity index (χ2n) is 13.3. The van der Waals surface area contributed by atoms with E-state index in [1.54, 1.807) is 6.07 Å². The summed E-state index contributed by atoms with van der Waals surface area (Å²) in [5.74, 6) is -2.57. The first kappa shape index (κ1) is 34.4. The average Bonchev–Trinajstić information content (AvgIpc) is 3.77.